The molecule has 4 aliphatic rings. The quantitative estimate of drug-likeness (QED) is 0.0221. The topological polar surface area (TPSA) is 622 Å². The third-order valence-electron chi connectivity index (χ3n) is 20.1. The number of aromatic carboxylic acids is 3. The molecule has 4 aliphatic heterocycles. The molecule has 120 heavy (non-hydrogen) atoms. The number of aliphatic hydroxyl groups is 4. The number of amides is 13. The molecule has 0 spiro atoms. The van der Waals surface area contributed by atoms with E-state index < -0.39 is 127 Å². The highest BCUT2D eigenvalue weighted by Gasteiger charge is 2.44. The Morgan fingerprint density at radius 3 is 1.40 bits per heavy atom. The summed E-state index contributed by atoms with van der Waals surface area (Å²) in [6.45, 7) is 5.39. The zero-order valence-corrected chi connectivity index (χ0v) is 65.2. The van der Waals surface area contributed by atoms with E-state index in [1.807, 2.05) is 20.8 Å². The first kappa shape index (κ1) is 86.9. The molecular weight excluding hydrogens is 1580 g/mol. The van der Waals surface area contributed by atoms with Gasteiger partial charge in [-0.1, -0.05) is 26.0 Å². The van der Waals surface area contributed by atoms with Crippen molar-refractivity contribution in [2.24, 2.45) is 0 Å². The molecule has 1 fully saturated rings. The van der Waals surface area contributed by atoms with Gasteiger partial charge in [0.25, 0.3) is 0 Å². The molecule has 44 nitrogen and oxygen atoms in total. The first-order valence-corrected chi connectivity index (χ1v) is 37.7. The van der Waals surface area contributed by atoms with E-state index in [4.69, 9.17) is 23.6 Å². The highest BCUT2D eigenvalue weighted by Crippen LogP contribution is 2.38. The number of anilines is 7. The Balaban J connectivity index is 0.878. The Bertz CT molecular complexity index is 5090. The van der Waals surface area contributed by atoms with Crippen molar-refractivity contribution < 1.29 is 112 Å². The number of nitrogens with one attached hydrogen (secondary N) is 13. The Kier molecular flexibility index (Phi) is 28.5. The summed E-state index contributed by atoms with van der Waals surface area (Å²) in [5.74, 6) is -4.89. The van der Waals surface area contributed by atoms with E-state index in [2.05, 4.69) is 89.7 Å². The van der Waals surface area contributed by atoms with Crippen LogP contribution in [0.15, 0.2) is 77.6 Å². The molecule has 5 atom stereocenters. The molecule has 6 heterocycles. The number of urea groups is 6. The van der Waals surface area contributed by atoms with Crippen LogP contribution >= 0.6 is 0 Å². The van der Waals surface area contributed by atoms with Gasteiger partial charge in [-0.05, 0) is 154 Å². The molecule has 8 aromatic rings. The van der Waals surface area contributed by atoms with Crippen LogP contribution in [0.1, 0.15) is 119 Å². The lowest BCUT2D eigenvalue weighted by atomic mass is 9.83. The minimum absolute atomic E-state index is 0.00380. The van der Waals surface area contributed by atoms with Crippen LogP contribution in [0.5, 0.6) is 5.75 Å². The number of hydrogen-bond donors (Lipinski definition) is 20. The Hall–Kier alpha value is -13.9. The number of carboxylic acid groups (broad SMARTS) is 3. The molecule has 20 N–H and O–H groups in total. The number of fused-ring (bicyclic) bond motifs is 19. The molecule has 6 aromatic carbocycles. The van der Waals surface area contributed by atoms with Crippen LogP contribution in [-0.4, -0.2) is 203 Å². The largest absolute Gasteiger partial charge is 0.490 e. The zero-order chi connectivity index (χ0) is 86.2. The Morgan fingerprint density at radius 2 is 0.967 bits per heavy atom. The highest BCUT2D eigenvalue weighted by molar-refractivity contribution is 6.04. The van der Waals surface area contributed by atoms with Gasteiger partial charge in [0.15, 0.2) is 11.7 Å². The van der Waals surface area contributed by atoms with Gasteiger partial charge >= 0.3 is 59.8 Å². The number of carbonyl (C=O) groups is 10. The maximum absolute atomic E-state index is 14.5. The summed E-state index contributed by atoms with van der Waals surface area (Å²) in [4.78, 5) is 150. The maximum Gasteiger partial charge on any atom is 0.335 e. The van der Waals surface area contributed by atoms with Gasteiger partial charge in [-0.3, -0.25) is 14.9 Å². The standard InChI is InChI=1S/C76H88N20O24/c1-6-42-48-29-80-71(108)83-51-12-9-38(68(102)103)23-54(51)86-74(111)77-26-45-36(4)46-27-78-75(112)87-55-24-39(69(104)105)10-13-52(55)84-72(109)81-30-49(42)44(8-3)50(43(48)7-2)31-82-73(110)85-53-14-11-40(70(106)107)25-56(53)88-76(113)79-28-47(37(45)5)66(46)118-22-21-117-20-19-116-18-17-95-33-41(90-93-95)32-94(57-15-16-58(96(114)115)62-61(57)91-120-92-62)34-60(98)89-67-65(101)64(100)63(99)59(35-97)119-67/h9-16,23-25,33,59,63-65,67,97,99-101H,6-8,17-22,26-32,34-35H2,1-5H3,(H,89,98)(H,102,103)(H,104,105)(H,106,107)(H2,77,86,111)(H2,78,87,112)(H2,79,88,113)(H2,80,83,108)(H2,81,84,109)(H2,82,85,110)/t59-,63-,64+,65-,67-/m1/s1. The van der Waals surface area contributed by atoms with Crippen molar-refractivity contribution in [2.75, 3.05) is 83.0 Å². The molecule has 1 saturated heterocycles. The van der Waals surface area contributed by atoms with Crippen molar-refractivity contribution >= 4 is 117 Å². The lowest BCUT2D eigenvalue weighted by Gasteiger charge is -2.40. The number of ether oxygens (including phenoxy) is 4. The summed E-state index contributed by atoms with van der Waals surface area (Å²) >= 11 is 0. The fourth-order valence-corrected chi connectivity index (χ4v) is 14.2. The molecule has 6 bridgehead atoms. The second-order valence-electron chi connectivity index (χ2n) is 27.5. The van der Waals surface area contributed by atoms with Crippen molar-refractivity contribution in [1.82, 2.24) is 62.5 Å². The van der Waals surface area contributed by atoms with Crippen LogP contribution in [0.4, 0.5) is 74.3 Å². The number of non-ortho nitro benzene ring substituents is 1. The monoisotopic (exact) mass is 1660 g/mol. The van der Waals surface area contributed by atoms with Gasteiger partial charge in [0.2, 0.25) is 11.4 Å². The molecule has 44 heteroatoms. The SMILES string of the molecule is CCc1c2c(CC)c3c(CC)c1CNC(=O)Nc1ccc(C(=O)O)cc1NC(=O)NCc1c(C)c(c(C)c(c1OCCOCCOCCn1cc(CN(CC(=O)N[C@@H]4O[C@H](CO)[C@@H](O)[C@H](O)[C@H]4O)c4ccc([N+](=O)[O-])c5nonc45)nn1)CNC(=O)Nc1cc(C(=O)O)ccc1NC(=O)NC3)CNC(=O)Nc1cc(C(=O)O)ccc1NC(=O)NC2. The minimum atomic E-state index is -1.82. The molecule has 2 aromatic heterocycles. The van der Waals surface area contributed by atoms with Crippen molar-refractivity contribution in [3.8, 4) is 5.75 Å². The number of nitro benzene ring substituents is 1. The van der Waals surface area contributed by atoms with E-state index in [9.17, 15) is 93.8 Å². The fourth-order valence-electron chi connectivity index (χ4n) is 14.2. The maximum atomic E-state index is 14.5. The van der Waals surface area contributed by atoms with E-state index >= 15 is 0 Å². The van der Waals surface area contributed by atoms with Gasteiger partial charge in [-0.2, -0.15) is 0 Å². The summed E-state index contributed by atoms with van der Waals surface area (Å²) in [5.41, 5.74) is 3.64. The van der Waals surface area contributed by atoms with E-state index in [-0.39, 0.29) is 162 Å². The normalized spacial score (nSPS) is 17.4. The third kappa shape index (κ3) is 20.7. The molecule has 636 valence electrons. The third-order valence-corrected chi connectivity index (χ3v) is 20.1. The molecule has 13 amide bonds. The lowest BCUT2D eigenvalue weighted by Crippen LogP contribution is -2.63. The zero-order valence-electron chi connectivity index (χ0n) is 65.2. The highest BCUT2D eigenvalue weighted by atomic mass is 16.6. The number of benzene rings is 6. The number of rotatable bonds is 24. The molecule has 0 radical (unpaired) electrons. The number of carboxylic acids is 3. The van der Waals surface area contributed by atoms with Crippen LogP contribution in [0.2, 0.25) is 0 Å². The minimum Gasteiger partial charge on any atom is -0.490 e. The van der Waals surface area contributed by atoms with Gasteiger partial charge in [0.1, 0.15) is 42.5 Å². The van der Waals surface area contributed by atoms with Crippen LogP contribution < -0.4 is 78.8 Å². The van der Waals surface area contributed by atoms with Gasteiger partial charge in [0, 0.05) is 56.5 Å². The van der Waals surface area contributed by atoms with Gasteiger partial charge < -0.3 is 129 Å². The summed E-state index contributed by atoms with van der Waals surface area (Å²) in [5, 5.41) is 135. The Labute approximate surface area is 680 Å². The number of nitrogens with zero attached hydrogens (tertiary/aromatic N) is 7. The van der Waals surface area contributed by atoms with Crippen LogP contribution in [0.25, 0.3) is 11.0 Å². The van der Waals surface area contributed by atoms with Crippen LogP contribution in [0, 0.1) is 24.0 Å². The number of hydrogen-bond acceptors (Lipinski definition) is 26. The summed E-state index contributed by atoms with van der Waals surface area (Å²) < 4.78 is 30.2. The van der Waals surface area contributed by atoms with E-state index in [1.54, 1.807) is 13.8 Å². The predicted octanol–water partition coefficient (Wildman–Crippen LogP) is 4.71. The van der Waals surface area contributed by atoms with Crippen LogP contribution in [0.3, 0.4) is 0 Å². The number of carbonyl (C=O) groups excluding carboxylic acids is 7. The first-order valence-electron chi connectivity index (χ1n) is 37.7. The second-order valence-corrected chi connectivity index (χ2v) is 27.5. The van der Waals surface area contributed by atoms with Gasteiger partial charge in [-0.25, -0.2) is 52.5 Å². The van der Waals surface area contributed by atoms with Crippen molar-refractivity contribution in [3.63, 3.8) is 0 Å². The van der Waals surface area contributed by atoms with Crippen molar-refractivity contribution in [2.45, 2.75) is 137 Å². The van der Waals surface area contributed by atoms with Crippen molar-refractivity contribution in [3.05, 3.63) is 167 Å². The average Bonchev–Trinajstić information content (AvgIpc) is 0.858. The fraction of sp³-hybridized carbons (Fsp3) is 0.368. The molecule has 12 rings (SSSR count). The summed E-state index contributed by atoms with van der Waals surface area (Å²) in [6.07, 6.45) is -5.75. The molecule has 0 saturated carbocycles. The second kappa shape index (κ2) is 39.4. The first-order chi connectivity index (χ1) is 57.6. The average molecular weight is 1670 g/mol. The summed E-state index contributed by atoms with van der Waals surface area (Å²) in [6, 6.07) is 8.16. The Morgan fingerprint density at radius 1 is 0.550 bits per heavy atom. The number of aliphatic hydroxyl groups excluding tert-OH is 4. The molecular formula is C76H88N20O24. The van der Waals surface area contributed by atoms with Gasteiger partial charge in [0.05, 0.1) is 120 Å². The number of aromatic nitrogens is 5. The van der Waals surface area contributed by atoms with Crippen molar-refractivity contribution in [1.29, 1.82) is 0 Å². The van der Waals surface area contributed by atoms with E-state index in [1.165, 1.54) is 58.2 Å². The smallest absolute Gasteiger partial charge is 0.335 e. The molecule has 0 unspecified atom stereocenters. The lowest BCUT2D eigenvalue weighted by molar-refractivity contribution is -0.383. The predicted molar refractivity (Wildman–Crippen MR) is 424 cm³/mol. The van der Waals surface area contributed by atoms with E-state index in [0.29, 0.717) is 69.3 Å². The number of nitro groups is 1. The van der Waals surface area contributed by atoms with Crippen LogP contribution in [-0.2, 0) is 90.6 Å². The van der Waals surface area contributed by atoms with E-state index in [0.717, 1.165) is 24.3 Å². The molecule has 0 aliphatic carbocycles. The summed E-state index contributed by atoms with van der Waals surface area (Å²) in [7, 11) is 0. The van der Waals surface area contributed by atoms with Gasteiger partial charge in [-0.15, -0.1) is 5.10 Å².